The first-order valence-corrected chi connectivity index (χ1v) is 7.21. The second-order valence-corrected chi connectivity index (χ2v) is 5.38. The van der Waals surface area contributed by atoms with Crippen molar-refractivity contribution in [2.75, 3.05) is 13.2 Å². The molecule has 4 nitrogen and oxygen atoms in total. The lowest BCUT2D eigenvalue weighted by atomic mass is 10.0. The Hall–Kier alpha value is -1.65. The SMILES string of the molecule is CC(NCC1CCCO1)c1c[nH]c(=O)c2ccccc12. The van der Waals surface area contributed by atoms with Gasteiger partial charge in [-0.3, -0.25) is 4.79 Å². The molecule has 3 rings (SSSR count). The summed E-state index contributed by atoms with van der Waals surface area (Å²) in [6.45, 7) is 3.85. The van der Waals surface area contributed by atoms with Crippen LogP contribution in [0.1, 0.15) is 31.4 Å². The Bertz CT molecular complexity index is 644. The topological polar surface area (TPSA) is 54.1 Å². The fourth-order valence-electron chi connectivity index (χ4n) is 2.81. The molecule has 2 heterocycles. The quantitative estimate of drug-likeness (QED) is 0.898. The molecule has 1 aliphatic rings. The van der Waals surface area contributed by atoms with E-state index in [0.717, 1.165) is 42.3 Å². The number of pyridine rings is 1. The van der Waals surface area contributed by atoms with Crippen LogP contribution in [0.3, 0.4) is 0 Å². The Morgan fingerprint density at radius 3 is 2.95 bits per heavy atom. The molecule has 1 saturated heterocycles. The molecule has 0 spiro atoms. The highest BCUT2D eigenvalue weighted by Crippen LogP contribution is 2.21. The normalized spacial score (nSPS) is 20.4. The third-order valence-electron chi connectivity index (χ3n) is 3.98. The molecule has 2 N–H and O–H groups in total. The Balaban J connectivity index is 1.82. The van der Waals surface area contributed by atoms with Crippen LogP contribution in [-0.2, 0) is 4.74 Å². The maximum Gasteiger partial charge on any atom is 0.255 e. The summed E-state index contributed by atoms with van der Waals surface area (Å²) >= 11 is 0. The summed E-state index contributed by atoms with van der Waals surface area (Å²) < 4.78 is 5.63. The van der Waals surface area contributed by atoms with Gasteiger partial charge < -0.3 is 15.0 Å². The minimum atomic E-state index is -0.0318. The van der Waals surface area contributed by atoms with Gasteiger partial charge in [0.05, 0.1) is 6.10 Å². The fraction of sp³-hybridized carbons (Fsp3) is 0.438. The molecule has 0 amide bonds. The lowest BCUT2D eigenvalue weighted by Crippen LogP contribution is -2.29. The van der Waals surface area contributed by atoms with Gasteiger partial charge >= 0.3 is 0 Å². The molecule has 1 aliphatic heterocycles. The molecular formula is C16H20N2O2. The van der Waals surface area contributed by atoms with E-state index >= 15 is 0 Å². The number of H-pyrrole nitrogens is 1. The lowest BCUT2D eigenvalue weighted by Gasteiger charge is -2.18. The average Bonchev–Trinajstić information content (AvgIpc) is 2.99. The molecule has 2 aromatic rings. The van der Waals surface area contributed by atoms with Crippen LogP contribution < -0.4 is 10.9 Å². The number of benzene rings is 1. The van der Waals surface area contributed by atoms with Crippen molar-refractivity contribution >= 4 is 10.8 Å². The predicted octanol–water partition coefficient (Wildman–Crippen LogP) is 2.36. The Kier molecular flexibility index (Phi) is 3.85. The fourth-order valence-corrected chi connectivity index (χ4v) is 2.81. The van der Waals surface area contributed by atoms with Crippen molar-refractivity contribution in [2.45, 2.75) is 31.9 Å². The summed E-state index contributed by atoms with van der Waals surface area (Å²) in [5.41, 5.74) is 1.09. The number of aromatic amines is 1. The molecule has 1 fully saturated rings. The molecule has 0 saturated carbocycles. The van der Waals surface area contributed by atoms with E-state index in [4.69, 9.17) is 4.74 Å². The third-order valence-corrected chi connectivity index (χ3v) is 3.98. The molecule has 4 heteroatoms. The summed E-state index contributed by atoms with van der Waals surface area (Å²) in [5.74, 6) is 0. The minimum absolute atomic E-state index is 0.0318. The zero-order valence-corrected chi connectivity index (χ0v) is 11.7. The van der Waals surface area contributed by atoms with E-state index in [1.807, 2.05) is 30.5 Å². The Morgan fingerprint density at radius 1 is 1.40 bits per heavy atom. The Morgan fingerprint density at radius 2 is 2.20 bits per heavy atom. The van der Waals surface area contributed by atoms with E-state index in [1.54, 1.807) is 0 Å². The van der Waals surface area contributed by atoms with E-state index in [1.165, 1.54) is 0 Å². The number of ether oxygens (including phenoxy) is 1. The van der Waals surface area contributed by atoms with Crippen LogP contribution in [0.25, 0.3) is 10.8 Å². The molecule has 0 radical (unpaired) electrons. The van der Waals surface area contributed by atoms with Gasteiger partial charge in [0.1, 0.15) is 0 Å². The van der Waals surface area contributed by atoms with E-state index in [-0.39, 0.29) is 11.6 Å². The zero-order chi connectivity index (χ0) is 13.9. The van der Waals surface area contributed by atoms with Crippen molar-refractivity contribution in [2.24, 2.45) is 0 Å². The van der Waals surface area contributed by atoms with Gasteiger partial charge in [-0.1, -0.05) is 18.2 Å². The third kappa shape index (κ3) is 2.62. The minimum Gasteiger partial charge on any atom is -0.377 e. The van der Waals surface area contributed by atoms with E-state index in [2.05, 4.69) is 17.2 Å². The molecule has 0 aliphatic carbocycles. The first-order valence-electron chi connectivity index (χ1n) is 7.21. The van der Waals surface area contributed by atoms with Crippen LogP contribution in [0.15, 0.2) is 35.3 Å². The van der Waals surface area contributed by atoms with Gasteiger partial charge in [-0.25, -0.2) is 0 Å². The number of nitrogens with one attached hydrogen (secondary N) is 2. The van der Waals surface area contributed by atoms with E-state index in [0.29, 0.717) is 6.10 Å². The maximum atomic E-state index is 11.8. The molecule has 106 valence electrons. The number of fused-ring (bicyclic) bond motifs is 1. The van der Waals surface area contributed by atoms with Crippen molar-refractivity contribution in [3.63, 3.8) is 0 Å². The number of hydrogen-bond donors (Lipinski definition) is 2. The van der Waals surface area contributed by atoms with Crippen molar-refractivity contribution in [1.82, 2.24) is 10.3 Å². The van der Waals surface area contributed by atoms with Gasteiger partial charge in [0.15, 0.2) is 0 Å². The van der Waals surface area contributed by atoms with Crippen LogP contribution in [-0.4, -0.2) is 24.2 Å². The van der Waals surface area contributed by atoms with E-state index in [9.17, 15) is 4.79 Å². The predicted molar refractivity (Wildman–Crippen MR) is 80.0 cm³/mol. The summed E-state index contributed by atoms with van der Waals surface area (Å²) in [6, 6.07) is 7.92. The Labute approximate surface area is 118 Å². The smallest absolute Gasteiger partial charge is 0.255 e. The summed E-state index contributed by atoms with van der Waals surface area (Å²) in [4.78, 5) is 14.6. The summed E-state index contributed by atoms with van der Waals surface area (Å²) in [5, 5.41) is 5.27. The van der Waals surface area contributed by atoms with E-state index < -0.39 is 0 Å². The van der Waals surface area contributed by atoms with Gasteiger partial charge in [0.2, 0.25) is 0 Å². The van der Waals surface area contributed by atoms with Gasteiger partial charge in [0.25, 0.3) is 5.56 Å². The van der Waals surface area contributed by atoms with Crippen LogP contribution in [0.5, 0.6) is 0 Å². The first-order chi connectivity index (χ1) is 9.75. The molecule has 1 aromatic carbocycles. The van der Waals surface area contributed by atoms with Crippen molar-refractivity contribution < 1.29 is 4.74 Å². The zero-order valence-electron chi connectivity index (χ0n) is 11.7. The molecular weight excluding hydrogens is 252 g/mol. The second-order valence-electron chi connectivity index (χ2n) is 5.38. The number of aromatic nitrogens is 1. The van der Waals surface area contributed by atoms with Crippen molar-refractivity contribution in [1.29, 1.82) is 0 Å². The molecule has 1 aromatic heterocycles. The van der Waals surface area contributed by atoms with Crippen LogP contribution in [0, 0.1) is 0 Å². The monoisotopic (exact) mass is 272 g/mol. The first kappa shape index (κ1) is 13.3. The molecule has 0 bridgehead atoms. The standard InChI is InChI=1S/C16H20N2O2/c1-11(17-9-12-5-4-8-20-12)15-10-18-16(19)14-7-3-2-6-13(14)15/h2-3,6-7,10-12,17H,4-5,8-9H2,1H3,(H,18,19). The van der Waals surface area contributed by atoms with Crippen LogP contribution in [0.4, 0.5) is 0 Å². The van der Waals surface area contributed by atoms with Gasteiger partial charge in [-0.2, -0.15) is 0 Å². The second kappa shape index (κ2) is 5.77. The lowest BCUT2D eigenvalue weighted by molar-refractivity contribution is 0.108. The summed E-state index contributed by atoms with van der Waals surface area (Å²) in [6.07, 6.45) is 4.43. The highest BCUT2D eigenvalue weighted by molar-refractivity contribution is 5.84. The maximum absolute atomic E-state index is 11.8. The average molecular weight is 272 g/mol. The highest BCUT2D eigenvalue weighted by Gasteiger charge is 2.17. The van der Waals surface area contributed by atoms with Crippen LogP contribution >= 0.6 is 0 Å². The van der Waals surface area contributed by atoms with Crippen molar-refractivity contribution in [3.05, 3.63) is 46.4 Å². The van der Waals surface area contributed by atoms with Gasteiger partial charge in [-0.15, -0.1) is 0 Å². The van der Waals surface area contributed by atoms with Gasteiger partial charge in [0, 0.05) is 30.8 Å². The largest absolute Gasteiger partial charge is 0.377 e. The molecule has 20 heavy (non-hydrogen) atoms. The number of hydrogen-bond acceptors (Lipinski definition) is 3. The van der Waals surface area contributed by atoms with Gasteiger partial charge in [-0.05, 0) is 36.8 Å². The molecule has 2 unspecified atom stereocenters. The molecule has 2 atom stereocenters. The summed E-state index contributed by atoms with van der Waals surface area (Å²) in [7, 11) is 0. The number of rotatable bonds is 4. The van der Waals surface area contributed by atoms with Crippen LogP contribution in [0.2, 0.25) is 0 Å². The highest BCUT2D eigenvalue weighted by atomic mass is 16.5. The van der Waals surface area contributed by atoms with Crippen molar-refractivity contribution in [3.8, 4) is 0 Å².